The van der Waals surface area contributed by atoms with Crippen molar-refractivity contribution in [3.63, 3.8) is 0 Å². The van der Waals surface area contributed by atoms with Gasteiger partial charge in [0, 0.05) is 13.6 Å². The van der Waals surface area contributed by atoms with Gasteiger partial charge in [0.2, 0.25) is 0 Å². The van der Waals surface area contributed by atoms with E-state index in [-0.39, 0.29) is 6.61 Å². The Hall–Kier alpha value is -1.95. The lowest BCUT2D eigenvalue weighted by atomic mass is 10.3. The third kappa shape index (κ3) is 2.42. The first-order valence-electron chi connectivity index (χ1n) is 5.34. The number of aryl methyl sites for hydroxylation is 1. The van der Waals surface area contributed by atoms with Gasteiger partial charge in [0.25, 0.3) is 0 Å². The molecule has 0 aromatic carbocycles. The van der Waals surface area contributed by atoms with E-state index < -0.39 is 0 Å². The Balaban J connectivity index is 2.21. The molecule has 0 atom stereocenters. The van der Waals surface area contributed by atoms with Crippen molar-refractivity contribution in [2.45, 2.75) is 6.92 Å². The second-order valence-corrected chi connectivity index (χ2v) is 3.84. The molecule has 2 aromatic rings. The zero-order valence-corrected chi connectivity index (χ0v) is 9.88. The van der Waals surface area contributed by atoms with Crippen LogP contribution in [0, 0.1) is 0 Å². The number of rotatable bonds is 4. The molecular formula is C11H15N5O. The van der Waals surface area contributed by atoms with Gasteiger partial charge in [-0.3, -0.25) is 0 Å². The summed E-state index contributed by atoms with van der Waals surface area (Å²) < 4.78 is 1.88. The monoisotopic (exact) mass is 233 g/mol. The summed E-state index contributed by atoms with van der Waals surface area (Å²) in [6, 6.07) is 0. The molecule has 0 radical (unpaired) electrons. The molecule has 0 saturated carbocycles. The van der Waals surface area contributed by atoms with E-state index in [4.69, 9.17) is 5.11 Å². The molecule has 0 amide bonds. The first-order valence-corrected chi connectivity index (χ1v) is 5.34. The van der Waals surface area contributed by atoms with E-state index in [0.29, 0.717) is 12.2 Å². The molecule has 0 aliphatic heterocycles. The van der Waals surface area contributed by atoms with Crippen LogP contribution >= 0.6 is 0 Å². The molecule has 17 heavy (non-hydrogen) atoms. The number of nitrogens with one attached hydrogen (secondary N) is 1. The maximum absolute atomic E-state index is 8.88. The molecule has 2 rings (SSSR count). The highest BCUT2D eigenvalue weighted by molar-refractivity contribution is 5.82. The summed E-state index contributed by atoms with van der Waals surface area (Å²) >= 11 is 0. The molecule has 90 valence electrons. The van der Waals surface area contributed by atoms with Gasteiger partial charge in [-0.05, 0) is 6.92 Å². The minimum atomic E-state index is 0.0760. The molecule has 0 unspecified atom stereocenters. The number of nitrogens with zero attached hydrogens (tertiary/aromatic N) is 4. The molecule has 6 heteroatoms. The van der Waals surface area contributed by atoms with Gasteiger partial charge < -0.3 is 15.0 Å². The summed E-state index contributed by atoms with van der Waals surface area (Å²) in [6.45, 7) is 2.57. The highest BCUT2D eigenvalue weighted by Crippen LogP contribution is 2.16. The summed E-state index contributed by atoms with van der Waals surface area (Å²) in [6.07, 6.45) is 5.12. The number of hydrogen-bond acceptors (Lipinski definition) is 5. The number of aliphatic hydroxyl groups excluding tert-OH is 1. The molecule has 0 bridgehead atoms. The maximum atomic E-state index is 8.88. The van der Waals surface area contributed by atoms with Crippen molar-refractivity contribution in [2.24, 2.45) is 7.05 Å². The standard InChI is InChI=1S/C11H15N5O/c1-8(5-17)3-4-12-10-9-11(14-6-13-10)15-7-16(9)2/h3,6-7,17H,4-5H2,1-2H3,(H,12,13,14)/b8-3+. The Labute approximate surface area is 99.0 Å². The quantitative estimate of drug-likeness (QED) is 0.761. The minimum absolute atomic E-state index is 0.0760. The van der Waals surface area contributed by atoms with E-state index in [0.717, 1.165) is 16.9 Å². The fourth-order valence-corrected chi connectivity index (χ4v) is 1.50. The third-order valence-corrected chi connectivity index (χ3v) is 2.48. The van der Waals surface area contributed by atoms with Crippen LogP contribution in [-0.2, 0) is 7.05 Å². The Bertz CT molecular complexity index is 546. The molecule has 0 aliphatic carbocycles. The average molecular weight is 233 g/mol. The summed E-state index contributed by atoms with van der Waals surface area (Å²) in [5, 5.41) is 12.1. The van der Waals surface area contributed by atoms with Crippen LogP contribution in [0.2, 0.25) is 0 Å². The molecule has 0 aliphatic rings. The van der Waals surface area contributed by atoms with Crippen LogP contribution in [0.5, 0.6) is 0 Å². The Morgan fingerprint density at radius 3 is 3.06 bits per heavy atom. The highest BCUT2D eigenvalue weighted by Gasteiger charge is 2.06. The van der Waals surface area contributed by atoms with Gasteiger partial charge >= 0.3 is 0 Å². The fraction of sp³-hybridized carbons (Fsp3) is 0.364. The van der Waals surface area contributed by atoms with Crippen molar-refractivity contribution in [3.8, 4) is 0 Å². The Morgan fingerprint density at radius 1 is 1.47 bits per heavy atom. The summed E-state index contributed by atoms with van der Waals surface area (Å²) in [7, 11) is 1.90. The topological polar surface area (TPSA) is 75.9 Å². The fourth-order valence-electron chi connectivity index (χ4n) is 1.50. The van der Waals surface area contributed by atoms with Crippen LogP contribution in [0.25, 0.3) is 11.2 Å². The maximum Gasteiger partial charge on any atom is 0.182 e. The highest BCUT2D eigenvalue weighted by atomic mass is 16.3. The van der Waals surface area contributed by atoms with Crippen LogP contribution in [0.4, 0.5) is 5.82 Å². The van der Waals surface area contributed by atoms with Gasteiger partial charge in [-0.15, -0.1) is 0 Å². The molecule has 0 saturated heterocycles. The van der Waals surface area contributed by atoms with Crippen LogP contribution < -0.4 is 5.32 Å². The SMILES string of the molecule is C/C(=C\CNc1ncnc2ncn(C)c12)CO. The lowest BCUT2D eigenvalue weighted by molar-refractivity contribution is 0.331. The van der Waals surface area contributed by atoms with Gasteiger partial charge in [-0.2, -0.15) is 0 Å². The van der Waals surface area contributed by atoms with Crippen LogP contribution in [0.3, 0.4) is 0 Å². The van der Waals surface area contributed by atoms with Gasteiger partial charge in [-0.1, -0.05) is 11.6 Å². The predicted octanol–water partition coefficient (Wildman–Crippen LogP) is 0.714. The number of aliphatic hydroxyl groups is 1. The molecule has 2 aromatic heterocycles. The van der Waals surface area contributed by atoms with Crippen LogP contribution in [0.15, 0.2) is 24.3 Å². The number of aromatic nitrogens is 4. The van der Waals surface area contributed by atoms with E-state index in [2.05, 4.69) is 20.3 Å². The lowest BCUT2D eigenvalue weighted by Crippen LogP contribution is -2.04. The van der Waals surface area contributed by atoms with Crippen LogP contribution in [0.1, 0.15) is 6.92 Å². The number of hydrogen-bond donors (Lipinski definition) is 2. The largest absolute Gasteiger partial charge is 0.392 e. The van der Waals surface area contributed by atoms with E-state index in [9.17, 15) is 0 Å². The molecule has 6 nitrogen and oxygen atoms in total. The number of fused-ring (bicyclic) bond motifs is 1. The number of anilines is 1. The van der Waals surface area contributed by atoms with Crippen molar-refractivity contribution in [2.75, 3.05) is 18.5 Å². The summed E-state index contributed by atoms with van der Waals surface area (Å²) in [4.78, 5) is 12.4. The third-order valence-electron chi connectivity index (χ3n) is 2.48. The van der Waals surface area contributed by atoms with Gasteiger partial charge in [0.05, 0.1) is 12.9 Å². The van der Waals surface area contributed by atoms with Crippen LogP contribution in [-0.4, -0.2) is 37.8 Å². The van der Waals surface area contributed by atoms with Gasteiger partial charge in [0.1, 0.15) is 11.8 Å². The van der Waals surface area contributed by atoms with E-state index >= 15 is 0 Å². The van der Waals surface area contributed by atoms with Crippen molar-refractivity contribution >= 4 is 17.0 Å². The second-order valence-electron chi connectivity index (χ2n) is 3.84. The van der Waals surface area contributed by atoms with E-state index in [1.807, 2.05) is 24.6 Å². The smallest absolute Gasteiger partial charge is 0.182 e. The predicted molar refractivity (Wildman–Crippen MR) is 65.6 cm³/mol. The molecule has 0 spiro atoms. The van der Waals surface area contributed by atoms with Gasteiger partial charge in [-0.25, -0.2) is 15.0 Å². The first-order chi connectivity index (χ1) is 8.22. The lowest BCUT2D eigenvalue weighted by Gasteiger charge is -2.05. The minimum Gasteiger partial charge on any atom is -0.392 e. The molecule has 2 heterocycles. The van der Waals surface area contributed by atoms with Gasteiger partial charge in [0.15, 0.2) is 11.5 Å². The molecule has 2 N–H and O–H groups in total. The Kier molecular flexibility index (Phi) is 3.34. The summed E-state index contributed by atoms with van der Waals surface area (Å²) in [5.74, 6) is 0.747. The first kappa shape index (κ1) is 11.5. The van der Waals surface area contributed by atoms with Crippen molar-refractivity contribution in [1.29, 1.82) is 0 Å². The average Bonchev–Trinajstić information content (AvgIpc) is 2.72. The zero-order chi connectivity index (χ0) is 12.3. The summed E-state index contributed by atoms with van der Waals surface area (Å²) in [5.41, 5.74) is 2.48. The zero-order valence-electron chi connectivity index (χ0n) is 9.88. The normalized spacial score (nSPS) is 12.1. The number of imidazole rings is 1. The van der Waals surface area contributed by atoms with Crippen molar-refractivity contribution in [3.05, 3.63) is 24.3 Å². The molecular weight excluding hydrogens is 218 g/mol. The van der Waals surface area contributed by atoms with E-state index in [1.165, 1.54) is 6.33 Å². The van der Waals surface area contributed by atoms with Crippen molar-refractivity contribution < 1.29 is 5.11 Å². The van der Waals surface area contributed by atoms with E-state index in [1.54, 1.807) is 6.33 Å². The Morgan fingerprint density at radius 2 is 2.29 bits per heavy atom. The molecule has 0 fully saturated rings. The van der Waals surface area contributed by atoms with Crippen molar-refractivity contribution in [1.82, 2.24) is 19.5 Å². The second kappa shape index (κ2) is 4.92.